The van der Waals surface area contributed by atoms with Crippen molar-refractivity contribution < 1.29 is 4.18 Å². The molecule has 0 saturated carbocycles. The smallest absolute Gasteiger partial charge is 0.266 e. The lowest BCUT2D eigenvalue weighted by Gasteiger charge is -2.02. The largest absolute Gasteiger partial charge is 0.307 e. The Labute approximate surface area is 56.1 Å². The van der Waals surface area contributed by atoms with Gasteiger partial charge in [-0.1, -0.05) is 34.8 Å². The second-order valence-electron chi connectivity index (χ2n) is 0.537. The van der Waals surface area contributed by atoms with Crippen LogP contribution in [0.5, 0.6) is 0 Å². The van der Waals surface area contributed by atoms with Crippen LogP contribution in [0.3, 0.4) is 0 Å². The standard InChI is InChI=1S/CHCl3OS/c2-1(3,4)5-6/h6H. The van der Waals surface area contributed by atoms with Crippen LogP contribution in [0.25, 0.3) is 0 Å². The average molecular weight is 167 g/mol. The van der Waals surface area contributed by atoms with Gasteiger partial charge in [0.1, 0.15) is 0 Å². The summed E-state index contributed by atoms with van der Waals surface area (Å²) in [7, 11) is 0. The zero-order valence-electron chi connectivity index (χ0n) is 2.49. The lowest BCUT2D eigenvalue weighted by atomic mass is 11.7. The number of alkyl halides is 3. The van der Waals surface area contributed by atoms with E-state index in [1.54, 1.807) is 0 Å². The summed E-state index contributed by atoms with van der Waals surface area (Å²) in [6.45, 7) is 0. The van der Waals surface area contributed by atoms with Crippen LogP contribution in [0.2, 0.25) is 0 Å². The van der Waals surface area contributed by atoms with Crippen LogP contribution >= 0.6 is 47.7 Å². The molecule has 0 amide bonds. The molecule has 0 unspecified atom stereocenters. The van der Waals surface area contributed by atoms with Crippen LogP contribution in [0.1, 0.15) is 0 Å². The molecule has 0 spiro atoms. The lowest BCUT2D eigenvalue weighted by molar-refractivity contribution is 0.389. The van der Waals surface area contributed by atoms with E-state index in [9.17, 15) is 0 Å². The first-order chi connectivity index (χ1) is 2.56. The van der Waals surface area contributed by atoms with E-state index in [1.807, 2.05) is 0 Å². The molecule has 0 aromatic rings. The van der Waals surface area contributed by atoms with Crippen molar-refractivity contribution in [1.82, 2.24) is 0 Å². The van der Waals surface area contributed by atoms with E-state index in [2.05, 4.69) is 17.1 Å². The molecule has 1 nitrogen and oxygen atoms in total. The minimum atomic E-state index is -1.68. The zero-order chi connectivity index (χ0) is 5.21. The molecule has 0 heterocycles. The van der Waals surface area contributed by atoms with Crippen LogP contribution in [-0.2, 0) is 4.18 Å². The molecule has 0 atom stereocenters. The monoisotopic (exact) mass is 166 g/mol. The normalized spacial score (nSPS) is 12.0. The molecule has 0 aliphatic carbocycles. The first kappa shape index (κ1) is 7.18. The van der Waals surface area contributed by atoms with Gasteiger partial charge in [-0.15, -0.1) is 0 Å². The van der Waals surface area contributed by atoms with Gasteiger partial charge in [0.15, 0.2) is 0 Å². The summed E-state index contributed by atoms with van der Waals surface area (Å²) in [4.78, 5) is 0. The van der Waals surface area contributed by atoms with Gasteiger partial charge in [-0.05, 0) is 12.9 Å². The van der Waals surface area contributed by atoms with Gasteiger partial charge in [0.05, 0.1) is 0 Å². The Morgan fingerprint density at radius 2 is 1.50 bits per heavy atom. The van der Waals surface area contributed by atoms with Crippen LogP contribution in [0.15, 0.2) is 0 Å². The molecule has 0 aliphatic rings. The maximum Gasteiger partial charge on any atom is 0.307 e. The molecule has 0 aromatic carbocycles. The molecule has 0 aliphatic heterocycles. The van der Waals surface area contributed by atoms with Gasteiger partial charge in [-0.3, -0.25) is 4.18 Å². The third-order valence-electron chi connectivity index (χ3n) is 0.104. The molecular formula is CHCl3OS. The molecule has 0 aromatic heterocycles. The fourth-order valence-corrected chi connectivity index (χ4v) is 0. The van der Waals surface area contributed by atoms with Gasteiger partial charge in [-0.25, -0.2) is 0 Å². The maximum absolute atomic E-state index is 4.95. The molecule has 0 saturated heterocycles. The summed E-state index contributed by atoms with van der Waals surface area (Å²) in [5, 5.41) is 0. The first-order valence-corrected chi connectivity index (χ1v) is 2.45. The summed E-state index contributed by atoms with van der Waals surface area (Å²) >= 11 is 18.1. The summed E-state index contributed by atoms with van der Waals surface area (Å²) in [5.41, 5.74) is 0. The van der Waals surface area contributed by atoms with E-state index in [0.717, 1.165) is 0 Å². The lowest BCUT2D eigenvalue weighted by Crippen LogP contribution is -1.98. The Hall–Kier alpha value is 1.18. The van der Waals surface area contributed by atoms with Crippen LogP contribution < -0.4 is 0 Å². The third kappa shape index (κ3) is 5.18. The molecule has 0 radical (unpaired) electrons. The van der Waals surface area contributed by atoms with Crippen LogP contribution in [-0.4, -0.2) is 3.98 Å². The fraction of sp³-hybridized carbons (Fsp3) is 1.00. The Kier molecular flexibility index (Phi) is 2.97. The topological polar surface area (TPSA) is 9.23 Å². The second-order valence-corrected chi connectivity index (χ2v) is 2.90. The van der Waals surface area contributed by atoms with Crippen molar-refractivity contribution in [2.75, 3.05) is 0 Å². The molecule has 0 bridgehead atoms. The molecule has 6 heavy (non-hydrogen) atoms. The Morgan fingerprint density at radius 3 is 1.50 bits per heavy atom. The van der Waals surface area contributed by atoms with E-state index < -0.39 is 3.98 Å². The summed E-state index contributed by atoms with van der Waals surface area (Å²) < 4.78 is 2.25. The van der Waals surface area contributed by atoms with E-state index in [0.29, 0.717) is 0 Å². The Morgan fingerprint density at radius 1 is 1.33 bits per heavy atom. The SMILES string of the molecule is SOC(Cl)(Cl)Cl. The Balaban J connectivity index is 3.17. The van der Waals surface area contributed by atoms with Gasteiger partial charge >= 0.3 is 3.98 Å². The highest BCUT2D eigenvalue weighted by Gasteiger charge is 2.17. The number of halogens is 3. The highest BCUT2D eigenvalue weighted by atomic mass is 35.6. The van der Waals surface area contributed by atoms with Crippen molar-refractivity contribution in [3.8, 4) is 0 Å². The summed E-state index contributed by atoms with van der Waals surface area (Å²) in [5.74, 6) is 0. The van der Waals surface area contributed by atoms with Crippen molar-refractivity contribution in [2.45, 2.75) is 3.98 Å². The van der Waals surface area contributed by atoms with Gasteiger partial charge in [-0.2, -0.15) is 0 Å². The molecule has 0 fully saturated rings. The van der Waals surface area contributed by atoms with Crippen LogP contribution in [0, 0.1) is 0 Å². The van der Waals surface area contributed by atoms with E-state index in [1.165, 1.54) is 0 Å². The molecule has 0 rings (SSSR count). The molecule has 0 N–H and O–H groups in total. The Bertz CT molecular complexity index is 40.5. The molecular weight excluding hydrogens is 166 g/mol. The van der Waals surface area contributed by atoms with Crippen molar-refractivity contribution in [1.29, 1.82) is 0 Å². The quantitative estimate of drug-likeness (QED) is 0.330. The van der Waals surface area contributed by atoms with Crippen molar-refractivity contribution in [3.05, 3.63) is 0 Å². The van der Waals surface area contributed by atoms with Crippen molar-refractivity contribution >= 4 is 47.7 Å². The van der Waals surface area contributed by atoms with Crippen molar-refractivity contribution in [2.24, 2.45) is 0 Å². The predicted molar refractivity (Wildman–Crippen MR) is 30.4 cm³/mol. The minimum absolute atomic E-state index is 1.68. The van der Waals surface area contributed by atoms with E-state index >= 15 is 0 Å². The zero-order valence-corrected chi connectivity index (χ0v) is 5.65. The van der Waals surface area contributed by atoms with Gasteiger partial charge < -0.3 is 0 Å². The molecule has 5 heteroatoms. The number of thiol groups is 1. The van der Waals surface area contributed by atoms with Gasteiger partial charge in [0, 0.05) is 0 Å². The van der Waals surface area contributed by atoms with E-state index in [4.69, 9.17) is 34.8 Å². The van der Waals surface area contributed by atoms with Gasteiger partial charge in [0.2, 0.25) is 0 Å². The molecule has 38 valence electrons. The second kappa shape index (κ2) is 2.48. The number of hydrogen-bond donors (Lipinski definition) is 1. The maximum atomic E-state index is 4.95. The highest BCUT2D eigenvalue weighted by molar-refractivity contribution is 7.75. The summed E-state index contributed by atoms with van der Waals surface area (Å²) in [6, 6.07) is 0. The summed E-state index contributed by atoms with van der Waals surface area (Å²) in [6.07, 6.45) is 0. The van der Waals surface area contributed by atoms with Crippen LogP contribution in [0.4, 0.5) is 0 Å². The fourth-order valence-electron chi connectivity index (χ4n) is 0. The van der Waals surface area contributed by atoms with E-state index in [-0.39, 0.29) is 0 Å². The van der Waals surface area contributed by atoms with Crippen molar-refractivity contribution in [3.63, 3.8) is 0 Å². The highest BCUT2D eigenvalue weighted by Crippen LogP contribution is 2.27. The van der Waals surface area contributed by atoms with Gasteiger partial charge in [0.25, 0.3) is 0 Å². The number of hydrogen-bond acceptors (Lipinski definition) is 2. The third-order valence-corrected chi connectivity index (χ3v) is 0.932. The number of rotatable bonds is 0. The predicted octanol–water partition coefficient (Wildman–Crippen LogP) is 2.18. The minimum Gasteiger partial charge on any atom is -0.266 e. The first-order valence-electron chi connectivity index (χ1n) is 0.954. The average Bonchev–Trinajstić information content (AvgIpc) is 1.35.